The zero-order valence-electron chi connectivity index (χ0n) is 25.2. The summed E-state index contributed by atoms with van der Waals surface area (Å²) < 4.78 is 10.2. The molecule has 0 unspecified atom stereocenters. The van der Waals surface area contributed by atoms with Crippen molar-refractivity contribution in [2.24, 2.45) is 0 Å². The molecule has 11 heteroatoms. The van der Waals surface area contributed by atoms with Gasteiger partial charge in [-0.05, 0) is 57.1 Å². The number of imidazole rings is 1. The fourth-order valence-corrected chi connectivity index (χ4v) is 7.17. The average molecular weight is 633 g/mol. The second kappa shape index (κ2) is 13.1. The Bertz CT molecular complexity index is 1770. The molecule has 3 aromatic heterocycles. The van der Waals surface area contributed by atoms with Crippen LogP contribution < -0.4 is 4.74 Å². The summed E-state index contributed by atoms with van der Waals surface area (Å²) >= 11 is 7.56. The maximum atomic E-state index is 12.2. The van der Waals surface area contributed by atoms with E-state index >= 15 is 0 Å². The van der Waals surface area contributed by atoms with Crippen LogP contribution in [0, 0.1) is 6.92 Å². The third-order valence-electron chi connectivity index (χ3n) is 8.40. The Hall–Kier alpha value is -3.70. The van der Waals surface area contributed by atoms with Crippen LogP contribution in [0.5, 0.6) is 5.75 Å². The minimum Gasteiger partial charge on any atom is -0.484 e. The van der Waals surface area contributed by atoms with Crippen molar-refractivity contribution in [1.82, 2.24) is 29.1 Å². The van der Waals surface area contributed by atoms with E-state index < -0.39 is 12.1 Å². The number of aryl methyl sites for hydroxylation is 1. The molecule has 0 aliphatic carbocycles. The van der Waals surface area contributed by atoms with Gasteiger partial charge in [0.25, 0.3) is 0 Å². The first-order valence-corrected chi connectivity index (χ1v) is 16.2. The lowest BCUT2D eigenvalue weighted by Crippen LogP contribution is -2.46. The van der Waals surface area contributed by atoms with Gasteiger partial charge < -0.3 is 19.6 Å². The molecule has 6 rings (SSSR count). The molecule has 1 saturated heterocycles. The van der Waals surface area contributed by atoms with E-state index in [4.69, 9.17) is 16.3 Å². The van der Waals surface area contributed by atoms with Crippen LogP contribution in [0.2, 0.25) is 5.02 Å². The third kappa shape index (κ3) is 6.25. The van der Waals surface area contributed by atoms with Crippen molar-refractivity contribution in [2.75, 3.05) is 39.3 Å². The van der Waals surface area contributed by atoms with E-state index in [1.807, 2.05) is 53.6 Å². The molecule has 9 nitrogen and oxygen atoms in total. The van der Waals surface area contributed by atoms with Crippen molar-refractivity contribution in [1.29, 1.82) is 0 Å². The van der Waals surface area contributed by atoms with E-state index in [0.29, 0.717) is 10.8 Å². The molecule has 1 aliphatic heterocycles. The van der Waals surface area contributed by atoms with Crippen LogP contribution >= 0.6 is 22.9 Å². The first-order valence-electron chi connectivity index (χ1n) is 15.0. The number of ether oxygens (including phenoxy) is 1. The first-order chi connectivity index (χ1) is 21.3. The molecule has 2 aromatic carbocycles. The number of carboxylic acid groups (broad SMARTS) is 1. The van der Waals surface area contributed by atoms with Crippen LogP contribution in [0.1, 0.15) is 47.2 Å². The number of carbonyl (C=O) groups is 1. The maximum absolute atomic E-state index is 12.2. The Morgan fingerprint density at radius 2 is 1.86 bits per heavy atom. The summed E-state index contributed by atoms with van der Waals surface area (Å²) in [4.78, 5) is 22.1. The summed E-state index contributed by atoms with van der Waals surface area (Å²) in [5.41, 5.74) is 5.32. The zero-order valence-corrected chi connectivity index (χ0v) is 26.8. The summed E-state index contributed by atoms with van der Waals surface area (Å²) in [6.45, 7) is 13.7. The van der Waals surface area contributed by atoms with Gasteiger partial charge in [-0.2, -0.15) is 5.10 Å². The van der Waals surface area contributed by atoms with E-state index in [9.17, 15) is 9.90 Å². The number of carboxylic acids is 1. The minimum absolute atomic E-state index is 0.144. The molecule has 0 saturated carbocycles. The van der Waals surface area contributed by atoms with Gasteiger partial charge in [-0.1, -0.05) is 42.8 Å². The van der Waals surface area contributed by atoms with E-state index in [1.165, 1.54) is 11.3 Å². The van der Waals surface area contributed by atoms with Crippen molar-refractivity contribution in [3.05, 3.63) is 82.2 Å². The van der Waals surface area contributed by atoms with E-state index in [0.717, 1.165) is 90.5 Å². The number of likely N-dealkylation sites (N-methyl/N-ethyl adjacent to an activating group) is 1. The monoisotopic (exact) mass is 632 g/mol. The lowest BCUT2D eigenvalue weighted by atomic mass is 10.1. The Labute approximate surface area is 266 Å². The third-order valence-corrected chi connectivity index (χ3v) is 10.0. The SMILES string of the molecule is CCN1CCN(CCCn2cc(-c3ccc4c(c3)ncn4-c3sc(C(=O)O)c(O[C@H](C)c4ccccc4Cl)c3C)cn2)CC1. The van der Waals surface area contributed by atoms with Gasteiger partial charge in [0, 0.05) is 60.6 Å². The number of rotatable bonds is 11. The molecule has 1 atom stereocenters. The summed E-state index contributed by atoms with van der Waals surface area (Å²) in [5.74, 6) is -0.687. The van der Waals surface area contributed by atoms with Gasteiger partial charge in [-0.15, -0.1) is 11.3 Å². The minimum atomic E-state index is -1.03. The molecular formula is C33H37ClN6O3S. The van der Waals surface area contributed by atoms with E-state index in [-0.39, 0.29) is 4.88 Å². The molecule has 4 heterocycles. The summed E-state index contributed by atoms with van der Waals surface area (Å²) in [5, 5.41) is 16.0. The molecule has 0 bridgehead atoms. The van der Waals surface area contributed by atoms with Gasteiger partial charge in [-0.25, -0.2) is 9.78 Å². The van der Waals surface area contributed by atoms with E-state index in [2.05, 4.69) is 45.1 Å². The molecule has 1 fully saturated rings. The Balaban J connectivity index is 1.18. The number of aromatic nitrogens is 4. The second-order valence-electron chi connectivity index (χ2n) is 11.2. The highest BCUT2D eigenvalue weighted by Gasteiger charge is 2.26. The number of hydrogen-bond acceptors (Lipinski definition) is 7. The van der Waals surface area contributed by atoms with Crippen LogP contribution in [0.4, 0.5) is 0 Å². The number of aromatic carboxylic acids is 1. The Morgan fingerprint density at radius 3 is 2.61 bits per heavy atom. The Kier molecular flexibility index (Phi) is 9.04. The van der Waals surface area contributed by atoms with Gasteiger partial charge in [0.1, 0.15) is 17.4 Å². The highest BCUT2D eigenvalue weighted by Crippen LogP contribution is 2.41. The highest BCUT2D eigenvalue weighted by atomic mass is 35.5. The van der Waals surface area contributed by atoms with Gasteiger partial charge in [0.2, 0.25) is 0 Å². The molecule has 44 heavy (non-hydrogen) atoms. The van der Waals surface area contributed by atoms with Crippen LogP contribution in [0.15, 0.2) is 61.2 Å². The number of hydrogen-bond donors (Lipinski definition) is 1. The van der Waals surface area contributed by atoms with Gasteiger partial charge in [-0.3, -0.25) is 9.25 Å². The molecule has 0 amide bonds. The van der Waals surface area contributed by atoms with Crippen molar-refractivity contribution < 1.29 is 14.6 Å². The number of halogens is 1. The standard InChI is InChI=1S/C33H37ClN6O3S/c1-4-37-14-16-38(17-15-37)12-7-13-39-20-25(19-36-39)24-10-11-29-28(18-24)35-21-40(29)32-22(2)30(31(44-32)33(41)42)43-23(3)26-8-5-6-9-27(26)34/h5-6,8-11,18-21,23H,4,7,12-17H2,1-3H3,(H,41,42)/t23-/m1/s1. The molecule has 230 valence electrons. The van der Waals surface area contributed by atoms with Gasteiger partial charge in [0.15, 0.2) is 10.6 Å². The zero-order chi connectivity index (χ0) is 30.8. The van der Waals surface area contributed by atoms with Gasteiger partial charge in [0.05, 0.1) is 17.2 Å². The van der Waals surface area contributed by atoms with Crippen molar-refractivity contribution in [2.45, 2.75) is 39.8 Å². The summed E-state index contributed by atoms with van der Waals surface area (Å²) in [7, 11) is 0. The number of piperazine rings is 1. The normalized spacial score (nSPS) is 15.2. The lowest BCUT2D eigenvalue weighted by Gasteiger charge is -2.33. The van der Waals surface area contributed by atoms with Crippen LogP contribution in [0.25, 0.3) is 27.2 Å². The largest absolute Gasteiger partial charge is 0.484 e. The topological polar surface area (TPSA) is 88.7 Å². The molecule has 0 radical (unpaired) electrons. The molecule has 0 spiro atoms. The van der Waals surface area contributed by atoms with Crippen molar-refractivity contribution in [3.63, 3.8) is 0 Å². The Morgan fingerprint density at radius 1 is 1.09 bits per heavy atom. The van der Waals surface area contributed by atoms with Crippen LogP contribution in [-0.4, -0.2) is 79.5 Å². The number of nitrogens with zero attached hydrogens (tertiary/aromatic N) is 6. The molecular weight excluding hydrogens is 596 g/mol. The predicted octanol–water partition coefficient (Wildman–Crippen LogP) is 6.78. The highest BCUT2D eigenvalue weighted by molar-refractivity contribution is 7.17. The molecule has 1 aliphatic rings. The van der Waals surface area contributed by atoms with Crippen LogP contribution in [0.3, 0.4) is 0 Å². The molecule has 5 aromatic rings. The first kappa shape index (κ1) is 30.3. The predicted molar refractivity (Wildman–Crippen MR) is 176 cm³/mol. The fraction of sp³-hybridized carbons (Fsp3) is 0.364. The number of benzene rings is 2. The molecule has 1 N–H and O–H groups in total. The van der Waals surface area contributed by atoms with E-state index in [1.54, 1.807) is 12.4 Å². The van der Waals surface area contributed by atoms with Crippen molar-refractivity contribution >= 4 is 39.9 Å². The fourth-order valence-electron chi connectivity index (χ4n) is 5.82. The number of thiophene rings is 1. The lowest BCUT2D eigenvalue weighted by molar-refractivity contribution is 0.0695. The average Bonchev–Trinajstić information content (AvgIpc) is 3.75. The van der Waals surface area contributed by atoms with Gasteiger partial charge >= 0.3 is 5.97 Å². The maximum Gasteiger partial charge on any atom is 0.349 e. The van der Waals surface area contributed by atoms with Crippen molar-refractivity contribution in [3.8, 4) is 21.9 Å². The quantitative estimate of drug-likeness (QED) is 0.172. The second-order valence-corrected chi connectivity index (χ2v) is 12.6. The summed E-state index contributed by atoms with van der Waals surface area (Å²) in [6.07, 6.45) is 6.38. The number of fused-ring (bicyclic) bond motifs is 1. The smallest absolute Gasteiger partial charge is 0.349 e. The van der Waals surface area contributed by atoms with Crippen LogP contribution in [-0.2, 0) is 6.54 Å². The summed E-state index contributed by atoms with van der Waals surface area (Å²) in [6, 6.07) is 13.6.